The van der Waals surface area contributed by atoms with Crippen LogP contribution >= 0.6 is 0 Å². The molecule has 0 aromatic heterocycles. The molecule has 5 nitrogen and oxygen atoms in total. The van der Waals surface area contributed by atoms with Crippen LogP contribution in [0.5, 0.6) is 0 Å². The minimum Gasteiger partial charge on any atom is -0.383 e. The normalized spacial score (nSPS) is 21.0. The van der Waals surface area contributed by atoms with Gasteiger partial charge in [-0.15, -0.1) is 0 Å². The first-order chi connectivity index (χ1) is 10.2. The summed E-state index contributed by atoms with van der Waals surface area (Å²) in [7, 11) is 1.63. The van der Waals surface area contributed by atoms with Crippen molar-refractivity contribution in [2.75, 3.05) is 40.0 Å². The van der Waals surface area contributed by atoms with Gasteiger partial charge in [0, 0.05) is 26.2 Å². The number of ether oxygens (including phenoxy) is 2. The molecule has 116 valence electrons. The molecule has 5 heteroatoms. The molecule has 1 aromatic rings. The van der Waals surface area contributed by atoms with Gasteiger partial charge in [-0.3, -0.25) is 9.69 Å². The Labute approximate surface area is 126 Å². The van der Waals surface area contributed by atoms with E-state index in [1.165, 1.54) is 0 Å². The third-order valence-electron chi connectivity index (χ3n) is 3.51. The van der Waals surface area contributed by atoms with Crippen LogP contribution in [0.2, 0.25) is 0 Å². The van der Waals surface area contributed by atoms with E-state index in [2.05, 4.69) is 22.3 Å². The van der Waals surface area contributed by atoms with Crippen molar-refractivity contribution in [3.05, 3.63) is 35.9 Å². The second kappa shape index (κ2) is 8.12. The second-order valence-electron chi connectivity index (χ2n) is 5.43. The average molecular weight is 292 g/mol. The topological polar surface area (TPSA) is 50.8 Å². The van der Waals surface area contributed by atoms with E-state index in [4.69, 9.17) is 9.47 Å². The van der Waals surface area contributed by atoms with Crippen molar-refractivity contribution in [2.24, 2.45) is 0 Å². The van der Waals surface area contributed by atoms with Crippen LogP contribution in [0.1, 0.15) is 18.6 Å². The maximum Gasteiger partial charge on any atom is 0.234 e. The highest BCUT2D eigenvalue weighted by Crippen LogP contribution is 2.21. The molecule has 1 saturated heterocycles. The van der Waals surface area contributed by atoms with Crippen molar-refractivity contribution >= 4 is 5.91 Å². The van der Waals surface area contributed by atoms with Crippen LogP contribution in [-0.4, -0.2) is 56.8 Å². The maximum absolute atomic E-state index is 12.0. The number of hydrogen-bond acceptors (Lipinski definition) is 4. The molecular formula is C16H24N2O3. The first kappa shape index (κ1) is 15.9. The molecule has 1 fully saturated rings. The van der Waals surface area contributed by atoms with E-state index < -0.39 is 0 Å². The molecule has 0 saturated carbocycles. The highest BCUT2D eigenvalue weighted by atomic mass is 16.5. The molecule has 1 amide bonds. The fourth-order valence-corrected chi connectivity index (χ4v) is 2.53. The van der Waals surface area contributed by atoms with Crippen LogP contribution in [0.15, 0.2) is 30.3 Å². The quantitative estimate of drug-likeness (QED) is 0.856. The van der Waals surface area contributed by atoms with Gasteiger partial charge in [0.05, 0.1) is 25.9 Å². The van der Waals surface area contributed by atoms with Gasteiger partial charge in [-0.25, -0.2) is 0 Å². The molecule has 1 aliphatic rings. The Bertz CT molecular complexity index is 438. The molecule has 0 radical (unpaired) electrons. The number of hydrogen-bond donors (Lipinski definition) is 1. The number of amides is 1. The maximum atomic E-state index is 12.0. The molecule has 21 heavy (non-hydrogen) atoms. The van der Waals surface area contributed by atoms with E-state index in [1.54, 1.807) is 7.11 Å². The number of carbonyl (C=O) groups excluding carboxylic acids is 1. The molecule has 1 aliphatic heterocycles. The van der Waals surface area contributed by atoms with Gasteiger partial charge in [0.2, 0.25) is 5.91 Å². The van der Waals surface area contributed by atoms with Gasteiger partial charge in [0.25, 0.3) is 0 Å². The van der Waals surface area contributed by atoms with E-state index in [0.29, 0.717) is 19.8 Å². The molecule has 1 aromatic carbocycles. The van der Waals surface area contributed by atoms with E-state index in [9.17, 15) is 4.79 Å². The van der Waals surface area contributed by atoms with Crippen molar-refractivity contribution in [1.29, 1.82) is 0 Å². The van der Waals surface area contributed by atoms with Crippen LogP contribution in [0, 0.1) is 0 Å². The lowest BCUT2D eigenvalue weighted by Crippen LogP contribution is -2.46. The summed E-state index contributed by atoms with van der Waals surface area (Å²) in [6, 6.07) is 10.2. The summed E-state index contributed by atoms with van der Waals surface area (Å²) < 4.78 is 10.8. The summed E-state index contributed by atoms with van der Waals surface area (Å²) in [5, 5.41) is 2.94. The summed E-state index contributed by atoms with van der Waals surface area (Å²) in [4.78, 5) is 14.1. The molecule has 1 heterocycles. The van der Waals surface area contributed by atoms with Gasteiger partial charge in [-0.05, 0) is 12.5 Å². The van der Waals surface area contributed by atoms with Gasteiger partial charge in [0.1, 0.15) is 0 Å². The first-order valence-corrected chi connectivity index (χ1v) is 7.36. The van der Waals surface area contributed by atoms with E-state index in [-0.39, 0.29) is 18.1 Å². The molecule has 1 N–H and O–H groups in total. The number of benzene rings is 1. The molecule has 2 rings (SSSR count). The fourth-order valence-electron chi connectivity index (χ4n) is 2.53. The van der Waals surface area contributed by atoms with Crippen molar-refractivity contribution in [3.63, 3.8) is 0 Å². The van der Waals surface area contributed by atoms with Crippen molar-refractivity contribution in [2.45, 2.75) is 19.1 Å². The molecule has 2 unspecified atom stereocenters. The Balaban J connectivity index is 1.83. The zero-order chi connectivity index (χ0) is 15.1. The molecule has 0 aliphatic carbocycles. The Morgan fingerprint density at radius 2 is 2.24 bits per heavy atom. The van der Waals surface area contributed by atoms with Gasteiger partial charge < -0.3 is 14.8 Å². The molecule has 2 atom stereocenters. The lowest BCUT2D eigenvalue weighted by atomic mass is 10.1. The highest BCUT2D eigenvalue weighted by molar-refractivity contribution is 5.78. The summed E-state index contributed by atoms with van der Waals surface area (Å²) in [6.45, 7) is 5.06. The average Bonchev–Trinajstić information content (AvgIpc) is 2.48. The van der Waals surface area contributed by atoms with Crippen molar-refractivity contribution < 1.29 is 14.3 Å². The highest BCUT2D eigenvalue weighted by Gasteiger charge is 2.23. The Hall–Kier alpha value is -1.43. The Morgan fingerprint density at radius 3 is 2.95 bits per heavy atom. The monoisotopic (exact) mass is 292 g/mol. The second-order valence-corrected chi connectivity index (χ2v) is 5.43. The van der Waals surface area contributed by atoms with Crippen molar-refractivity contribution in [1.82, 2.24) is 10.2 Å². The third-order valence-corrected chi connectivity index (χ3v) is 3.51. The number of carbonyl (C=O) groups is 1. The number of rotatable bonds is 6. The largest absolute Gasteiger partial charge is 0.383 e. The summed E-state index contributed by atoms with van der Waals surface area (Å²) in [5.41, 5.74) is 1.16. The fraction of sp³-hybridized carbons (Fsp3) is 0.562. The molecule has 0 bridgehead atoms. The summed E-state index contributed by atoms with van der Waals surface area (Å²) in [5.74, 6) is 0.0354. The Morgan fingerprint density at radius 1 is 1.48 bits per heavy atom. The van der Waals surface area contributed by atoms with Gasteiger partial charge in [-0.2, -0.15) is 0 Å². The van der Waals surface area contributed by atoms with Crippen LogP contribution in [-0.2, 0) is 14.3 Å². The van der Waals surface area contributed by atoms with Crippen LogP contribution in [0.4, 0.5) is 0 Å². The van der Waals surface area contributed by atoms with E-state index >= 15 is 0 Å². The first-order valence-electron chi connectivity index (χ1n) is 7.36. The summed E-state index contributed by atoms with van der Waals surface area (Å²) in [6.07, 6.45) is 0.0455. The molecular weight excluding hydrogens is 268 g/mol. The summed E-state index contributed by atoms with van der Waals surface area (Å²) >= 11 is 0. The zero-order valence-corrected chi connectivity index (χ0v) is 12.7. The SMILES string of the molecule is COCC(C)NC(=O)CN1CCOC(c2ccccc2)C1. The van der Waals surface area contributed by atoms with Crippen LogP contribution in [0.25, 0.3) is 0 Å². The zero-order valence-electron chi connectivity index (χ0n) is 12.7. The minimum absolute atomic E-state index is 0.0354. The smallest absolute Gasteiger partial charge is 0.234 e. The standard InChI is InChI=1S/C16H24N2O3/c1-13(12-20-2)17-16(19)11-18-8-9-21-15(10-18)14-6-4-3-5-7-14/h3-7,13,15H,8-12H2,1-2H3,(H,17,19). The van der Waals surface area contributed by atoms with E-state index in [0.717, 1.165) is 18.7 Å². The predicted molar refractivity (Wildman–Crippen MR) is 81.1 cm³/mol. The number of nitrogens with one attached hydrogen (secondary N) is 1. The number of morpholine rings is 1. The van der Waals surface area contributed by atoms with Crippen molar-refractivity contribution in [3.8, 4) is 0 Å². The third kappa shape index (κ3) is 5.12. The number of nitrogens with zero attached hydrogens (tertiary/aromatic N) is 1. The predicted octanol–water partition coefficient (Wildman–Crippen LogP) is 1.21. The van der Waals surface area contributed by atoms with Crippen LogP contribution in [0.3, 0.4) is 0 Å². The molecule has 0 spiro atoms. The lowest BCUT2D eigenvalue weighted by molar-refractivity contribution is -0.125. The van der Waals surface area contributed by atoms with Crippen LogP contribution < -0.4 is 5.32 Å². The minimum atomic E-state index is 0.0354. The van der Waals surface area contributed by atoms with Gasteiger partial charge >= 0.3 is 0 Å². The Kier molecular flexibility index (Phi) is 6.17. The number of methoxy groups -OCH3 is 1. The van der Waals surface area contributed by atoms with Gasteiger partial charge in [-0.1, -0.05) is 30.3 Å². The lowest BCUT2D eigenvalue weighted by Gasteiger charge is -2.32. The van der Waals surface area contributed by atoms with E-state index in [1.807, 2.05) is 25.1 Å². The van der Waals surface area contributed by atoms with Gasteiger partial charge in [0.15, 0.2) is 0 Å².